The van der Waals surface area contributed by atoms with Gasteiger partial charge in [-0.05, 0) is 78.0 Å². The lowest BCUT2D eigenvalue weighted by Crippen LogP contribution is -2.56. The molecular formula is C33H45N3O6S. The average Bonchev–Trinajstić information content (AvgIpc) is 3.74. The van der Waals surface area contributed by atoms with Crippen molar-refractivity contribution in [3.63, 3.8) is 0 Å². The van der Waals surface area contributed by atoms with Crippen molar-refractivity contribution < 1.29 is 28.7 Å². The van der Waals surface area contributed by atoms with Crippen LogP contribution in [-0.2, 0) is 30.3 Å². The molecule has 10 heteroatoms. The van der Waals surface area contributed by atoms with Gasteiger partial charge in [-0.25, -0.2) is 9.59 Å². The molecule has 0 heterocycles. The number of nitrogens with one attached hydrogen (secondary N) is 2. The molecule has 1 saturated carbocycles. The fourth-order valence-electron chi connectivity index (χ4n) is 4.66. The van der Waals surface area contributed by atoms with Gasteiger partial charge in [-0.1, -0.05) is 54.6 Å². The molecule has 1 aliphatic rings. The second-order valence-corrected chi connectivity index (χ2v) is 13.3. The van der Waals surface area contributed by atoms with Crippen LogP contribution in [0.15, 0.2) is 54.6 Å². The summed E-state index contributed by atoms with van der Waals surface area (Å²) in [5.41, 5.74) is 0.746. The quantitative estimate of drug-likeness (QED) is 0.246. The monoisotopic (exact) mass is 611 g/mol. The summed E-state index contributed by atoms with van der Waals surface area (Å²) in [6.45, 7) is 12.4. The summed E-state index contributed by atoms with van der Waals surface area (Å²) < 4.78 is 11.1. The van der Waals surface area contributed by atoms with Crippen molar-refractivity contribution in [1.29, 1.82) is 0 Å². The third-order valence-corrected chi connectivity index (χ3v) is 7.03. The normalized spacial score (nSPS) is 15.4. The minimum absolute atomic E-state index is 0.00204. The molecule has 3 unspecified atom stereocenters. The summed E-state index contributed by atoms with van der Waals surface area (Å²) in [7, 11) is 0. The molecule has 9 nitrogen and oxygen atoms in total. The molecule has 1 aliphatic carbocycles. The number of carbonyl (C=O) groups is 4. The molecular weight excluding hydrogens is 566 g/mol. The van der Waals surface area contributed by atoms with E-state index >= 15 is 0 Å². The maximum atomic E-state index is 14.3. The van der Waals surface area contributed by atoms with Crippen molar-refractivity contribution in [3.8, 4) is 0 Å². The third-order valence-electron chi connectivity index (χ3n) is 6.67. The van der Waals surface area contributed by atoms with Crippen molar-refractivity contribution in [2.45, 2.75) is 103 Å². The van der Waals surface area contributed by atoms with Crippen LogP contribution in [0.25, 0.3) is 0 Å². The zero-order chi connectivity index (χ0) is 31.9. The number of ether oxygens (including phenoxy) is 2. The fraction of sp³-hybridized carbons (Fsp3) is 0.515. The highest BCUT2D eigenvalue weighted by atomic mass is 32.1. The van der Waals surface area contributed by atoms with Gasteiger partial charge in [-0.2, -0.15) is 12.6 Å². The summed E-state index contributed by atoms with van der Waals surface area (Å²) in [5.74, 6) is -1.55. The molecule has 0 spiro atoms. The van der Waals surface area contributed by atoms with E-state index in [4.69, 9.17) is 9.47 Å². The molecule has 2 aromatic rings. The molecule has 3 amide bonds. The fourth-order valence-corrected chi connectivity index (χ4v) is 4.91. The minimum atomic E-state index is -1.07. The molecule has 0 radical (unpaired) electrons. The molecule has 1 fully saturated rings. The Morgan fingerprint density at radius 2 is 1.44 bits per heavy atom. The van der Waals surface area contributed by atoms with Gasteiger partial charge in [0.2, 0.25) is 11.8 Å². The Labute approximate surface area is 260 Å². The van der Waals surface area contributed by atoms with E-state index in [1.165, 1.54) is 4.90 Å². The molecule has 2 N–H and O–H groups in total. The van der Waals surface area contributed by atoms with Crippen LogP contribution in [0.2, 0.25) is 0 Å². The molecule has 3 atom stereocenters. The Morgan fingerprint density at radius 1 is 0.860 bits per heavy atom. The first-order valence-electron chi connectivity index (χ1n) is 14.6. The predicted octanol–water partition coefficient (Wildman–Crippen LogP) is 4.92. The summed E-state index contributed by atoms with van der Waals surface area (Å²) in [5, 5.41) is 5.55. The highest BCUT2D eigenvalue weighted by Gasteiger charge is 2.45. The summed E-state index contributed by atoms with van der Waals surface area (Å²) in [6, 6.07) is 13.4. The lowest BCUT2D eigenvalue weighted by Gasteiger charge is -2.35. The van der Waals surface area contributed by atoms with Crippen molar-refractivity contribution in [2.24, 2.45) is 0 Å². The highest BCUT2D eigenvalue weighted by Crippen LogP contribution is 2.36. The van der Waals surface area contributed by atoms with Crippen LogP contribution in [-0.4, -0.2) is 63.9 Å². The van der Waals surface area contributed by atoms with E-state index in [9.17, 15) is 19.2 Å². The van der Waals surface area contributed by atoms with E-state index < -0.39 is 53.2 Å². The predicted molar refractivity (Wildman–Crippen MR) is 169 cm³/mol. The molecule has 234 valence electrons. The lowest BCUT2D eigenvalue weighted by atomic mass is 9.97. The van der Waals surface area contributed by atoms with Crippen molar-refractivity contribution in [2.75, 3.05) is 5.75 Å². The van der Waals surface area contributed by atoms with Gasteiger partial charge in [0, 0.05) is 18.2 Å². The van der Waals surface area contributed by atoms with Crippen molar-refractivity contribution >= 4 is 36.5 Å². The second kappa shape index (κ2) is 14.3. The van der Waals surface area contributed by atoms with Crippen molar-refractivity contribution in [3.05, 3.63) is 71.3 Å². The molecule has 0 saturated heterocycles. The Kier molecular flexibility index (Phi) is 11.3. The number of rotatable bonds is 11. The van der Waals surface area contributed by atoms with E-state index in [0.717, 1.165) is 11.1 Å². The maximum Gasteiger partial charge on any atom is 0.408 e. The van der Waals surface area contributed by atoms with E-state index in [2.05, 4.69) is 23.3 Å². The molecule has 0 aliphatic heterocycles. The van der Waals surface area contributed by atoms with Crippen LogP contribution in [0.4, 0.5) is 4.79 Å². The minimum Gasteiger partial charge on any atom is -0.458 e. The zero-order valence-electron chi connectivity index (χ0n) is 26.2. The SMILES string of the molecule is Cc1ccccc1C(C(=O)NC(Cc1ccccc1)C(=O)OC(C)(C)C)N(C(=O)C(CS)NC(=O)OC(C)(C)C)C1CC1. The van der Waals surface area contributed by atoms with Crippen molar-refractivity contribution in [1.82, 2.24) is 15.5 Å². The second-order valence-electron chi connectivity index (χ2n) is 12.9. The molecule has 0 aromatic heterocycles. The van der Waals surface area contributed by atoms with Gasteiger partial charge in [0.05, 0.1) is 0 Å². The first-order valence-corrected chi connectivity index (χ1v) is 15.3. The van der Waals surface area contributed by atoms with Crippen LogP contribution >= 0.6 is 12.6 Å². The third kappa shape index (κ3) is 10.3. The Balaban J connectivity index is 2.00. The molecule has 2 aromatic carbocycles. The number of hydrogen-bond donors (Lipinski definition) is 3. The molecule has 0 bridgehead atoms. The molecule has 3 rings (SSSR count). The number of hydrogen-bond acceptors (Lipinski definition) is 7. The van der Waals surface area contributed by atoms with Gasteiger partial charge in [-0.15, -0.1) is 0 Å². The standard InChI is InChI=1S/C33H45N3O6S/c1-21-13-11-12-16-24(21)27(36(23-17-18-23)29(38)26(20-43)35-31(40)42-33(5,6)7)28(37)34-25(30(39)41-32(2,3)4)19-22-14-9-8-10-15-22/h8-16,23,25-27,43H,17-20H2,1-7H3,(H,34,37)(H,35,40). The largest absolute Gasteiger partial charge is 0.458 e. The number of thiol groups is 1. The maximum absolute atomic E-state index is 14.3. The van der Waals surface area contributed by atoms with Crippen LogP contribution < -0.4 is 10.6 Å². The van der Waals surface area contributed by atoms with Crippen LogP contribution in [0.1, 0.15) is 77.1 Å². The number of amides is 3. The lowest BCUT2D eigenvalue weighted by molar-refractivity contribution is -0.159. The first-order chi connectivity index (χ1) is 20.1. The Hall–Kier alpha value is -3.53. The molecule has 43 heavy (non-hydrogen) atoms. The van der Waals surface area contributed by atoms with Crippen LogP contribution in [0.3, 0.4) is 0 Å². The van der Waals surface area contributed by atoms with Gasteiger partial charge >= 0.3 is 12.1 Å². The van der Waals surface area contributed by atoms with Gasteiger partial charge < -0.3 is 25.0 Å². The number of esters is 1. The highest BCUT2D eigenvalue weighted by molar-refractivity contribution is 7.80. The van der Waals surface area contributed by atoms with E-state index in [1.807, 2.05) is 55.5 Å². The number of nitrogens with zero attached hydrogens (tertiary/aromatic N) is 1. The van der Waals surface area contributed by atoms with Crippen LogP contribution in [0, 0.1) is 6.92 Å². The summed E-state index contributed by atoms with van der Waals surface area (Å²) >= 11 is 4.35. The van der Waals surface area contributed by atoms with E-state index in [1.54, 1.807) is 47.6 Å². The van der Waals surface area contributed by atoms with Crippen LogP contribution in [0.5, 0.6) is 0 Å². The van der Waals surface area contributed by atoms with E-state index in [0.29, 0.717) is 18.4 Å². The Morgan fingerprint density at radius 3 is 1.98 bits per heavy atom. The van der Waals surface area contributed by atoms with E-state index in [-0.39, 0.29) is 18.2 Å². The smallest absolute Gasteiger partial charge is 0.408 e. The summed E-state index contributed by atoms with van der Waals surface area (Å²) in [6.07, 6.45) is 0.860. The number of benzene rings is 2. The van der Waals surface area contributed by atoms with Gasteiger partial charge in [0.1, 0.15) is 29.3 Å². The zero-order valence-corrected chi connectivity index (χ0v) is 27.1. The first kappa shape index (κ1) is 34.0. The number of carbonyl (C=O) groups excluding carboxylic acids is 4. The van der Waals surface area contributed by atoms with Gasteiger partial charge in [-0.3, -0.25) is 9.59 Å². The van der Waals surface area contributed by atoms with Gasteiger partial charge in [0.25, 0.3) is 0 Å². The Bertz CT molecular complexity index is 1280. The summed E-state index contributed by atoms with van der Waals surface area (Å²) in [4.78, 5) is 56.0. The van der Waals surface area contributed by atoms with Gasteiger partial charge in [0.15, 0.2) is 0 Å². The number of alkyl carbamates (subject to hydrolysis) is 1. The topological polar surface area (TPSA) is 114 Å². The average molecular weight is 612 g/mol. The number of aryl methyl sites for hydroxylation is 1.